The average Bonchev–Trinajstić information content (AvgIpc) is 2.74. The van der Waals surface area contributed by atoms with E-state index in [0.717, 1.165) is 22.5 Å². The minimum Gasteiger partial charge on any atom is -0.497 e. The number of imidazole rings is 1. The van der Waals surface area contributed by atoms with Crippen molar-refractivity contribution in [1.29, 1.82) is 0 Å². The second kappa shape index (κ2) is 4.20. The number of H-pyrrole nitrogens is 1. The van der Waals surface area contributed by atoms with Gasteiger partial charge in [0.1, 0.15) is 5.75 Å². The van der Waals surface area contributed by atoms with Crippen LogP contribution in [0.15, 0.2) is 47.3 Å². The van der Waals surface area contributed by atoms with E-state index in [1.807, 2.05) is 24.3 Å². The number of nitrogens with one attached hydrogen (secondary N) is 1. The molecule has 3 N–H and O–H groups in total. The molecule has 96 valence electrons. The van der Waals surface area contributed by atoms with Crippen molar-refractivity contribution in [2.24, 2.45) is 0 Å². The molecule has 3 aromatic rings. The quantitative estimate of drug-likeness (QED) is 0.687. The minimum atomic E-state index is -0.189. The van der Waals surface area contributed by atoms with Gasteiger partial charge in [-0.15, -0.1) is 0 Å². The molecule has 1 aromatic heterocycles. The monoisotopic (exact) mass is 255 g/mol. The second-order valence-corrected chi connectivity index (χ2v) is 4.24. The fourth-order valence-corrected chi connectivity index (χ4v) is 2.11. The van der Waals surface area contributed by atoms with Gasteiger partial charge in [-0.3, -0.25) is 4.57 Å². The van der Waals surface area contributed by atoms with E-state index >= 15 is 0 Å². The van der Waals surface area contributed by atoms with Crippen LogP contribution in [-0.4, -0.2) is 16.7 Å². The molecule has 0 bridgehead atoms. The number of hydrogen-bond acceptors (Lipinski definition) is 3. The van der Waals surface area contributed by atoms with Crippen molar-refractivity contribution in [2.45, 2.75) is 0 Å². The molecule has 0 aliphatic heterocycles. The smallest absolute Gasteiger partial charge is 0.331 e. The highest BCUT2D eigenvalue weighted by Crippen LogP contribution is 2.20. The van der Waals surface area contributed by atoms with Gasteiger partial charge in [-0.25, -0.2) is 4.79 Å². The standard InChI is InChI=1S/C14H13N3O2/c1-19-11-5-3-10(4-6-11)17-13-8-9(15)2-7-12(13)16-14(17)18/h2-8H,15H2,1H3,(H,16,18). The minimum absolute atomic E-state index is 0.189. The first-order chi connectivity index (χ1) is 9.19. The summed E-state index contributed by atoms with van der Waals surface area (Å²) < 4.78 is 6.70. The Bertz CT molecular complexity index is 785. The Balaban J connectivity index is 2.25. The van der Waals surface area contributed by atoms with E-state index in [2.05, 4.69) is 4.98 Å². The zero-order valence-electron chi connectivity index (χ0n) is 10.4. The summed E-state index contributed by atoms with van der Waals surface area (Å²) in [7, 11) is 1.60. The molecule has 0 saturated carbocycles. The molecule has 0 amide bonds. The van der Waals surface area contributed by atoms with Gasteiger partial charge in [0.05, 0.1) is 23.8 Å². The zero-order valence-corrected chi connectivity index (χ0v) is 10.4. The lowest BCUT2D eigenvalue weighted by atomic mass is 10.2. The molecule has 3 rings (SSSR count). The van der Waals surface area contributed by atoms with Gasteiger partial charge in [0.25, 0.3) is 0 Å². The van der Waals surface area contributed by atoms with Crippen molar-refractivity contribution in [3.05, 3.63) is 52.9 Å². The molecule has 2 aromatic carbocycles. The summed E-state index contributed by atoms with van der Waals surface area (Å²) in [5.74, 6) is 0.746. The van der Waals surface area contributed by atoms with Gasteiger partial charge in [0.2, 0.25) is 0 Å². The maximum atomic E-state index is 12.0. The highest BCUT2D eigenvalue weighted by molar-refractivity contribution is 5.80. The molecule has 1 heterocycles. The Labute approximate surface area is 109 Å². The summed E-state index contributed by atoms with van der Waals surface area (Å²) in [5, 5.41) is 0. The van der Waals surface area contributed by atoms with E-state index in [-0.39, 0.29) is 5.69 Å². The molecule has 0 aliphatic carbocycles. The van der Waals surface area contributed by atoms with Crippen molar-refractivity contribution < 1.29 is 4.74 Å². The van der Waals surface area contributed by atoms with Crippen LogP contribution in [0.25, 0.3) is 16.7 Å². The van der Waals surface area contributed by atoms with E-state index in [9.17, 15) is 4.79 Å². The summed E-state index contributed by atoms with van der Waals surface area (Å²) in [6.07, 6.45) is 0. The van der Waals surface area contributed by atoms with Crippen molar-refractivity contribution in [1.82, 2.24) is 9.55 Å². The number of nitrogens with zero attached hydrogens (tertiary/aromatic N) is 1. The normalized spacial score (nSPS) is 10.8. The third-order valence-corrected chi connectivity index (χ3v) is 3.04. The molecular weight excluding hydrogens is 242 g/mol. The Kier molecular flexibility index (Phi) is 2.52. The number of aromatic nitrogens is 2. The summed E-state index contributed by atoms with van der Waals surface area (Å²) in [4.78, 5) is 14.8. The number of hydrogen-bond donors (Lipinski definition) is 2. The molecule has 0 saturated heterocycles. The largest absolute Gasteiger partial charge is 0.497 e. The van der Waals surface area contributed by atoms with E-state index in [1.54, 1.807) is 29.9 Å². The number of fused-ring (bicyclic) bond motifs is 1. The SMILES string of the molecule is COc1ccc(-n2c(=O)[nH]c3ccc(N)cc32)cc1. The maximum absolute atomic E-state index is 12.0. The first kappa shape index (κ1) is 11.4. The molecule has 0 spiro atoms. The van der Waals surface area contributed by atoms with Crippen LogP contribution in [0.2, 0.25) is 0 Å². The lowest BCUT2D eigenvalue weighted by Gasteiger charge is -2.05. The van der Waals surface area contributed by atoms with Crippen LogP contribution in [-0.2, 0) is 0 Å². The lowest BCUT2D eigenvalue weighted by Crippen LogP contribution is -2.14. The van der Waals surface area contributed by atoms with Gasteiger partial charge in [-0.1, -0.05) is 0 Å². The molecule has 19 heavy (non-hydrogen) atoms. The fraction of sp³-hybridized carbons (Fsp3) is 0.0714. The Hall–Kier alpha value is -2.69. The molecule has 0 radical (unpaired) electrons. The van der Waals surface area contributed by atoms with Crippen molar-refractivity contribution in [3.8, 4) is 11.4 Å². The number of anilines is 1. The number of ether oxygens (including phenoxy) is 1. The van der Waals surface area contributed by atoms with Crippen molar-refractivity contribution in [3.63, 3.8) is 0 Å². The number of nitrogens with two attached hydrogens (primary N) is 1. The van der Waals surface area contributed by atoms with E-state index in [4.69, 9.17) is 10.5 Å². The molecule has 5 heteroatoms. The predicted molar refractivity (Wildman–Crippen MR) is 74.9 cm³/mol. The van der Waals surface area contributed by atoms with E-state index in [1.165, 1.54) is 0 Å². The van der Waals surface area contributed by atoms with Crippen LogP contribution >= 0.6 is 0 Å². The van der Waals surface area contributed by atoms with Crippen LogP contribution < -0.4 is 16.2 Å². The van der Waals surface area contributed by atoms with Crippen LogP contribution in [0, 0.1) is 0 Å². The molecule has 5 nitrogen and oxygen atoms in total. The topological polar surface area (TPSA) is 73.0 Å². The highest BCUT2D eigenvalue weighted by atomic mass is 16.5. The average molecular weight is 255 g/mol. The Morgan fingerprint density at radius 3 is 2.58 bits per heavy atom. The Morgan fingerprint density at radius 1 is 1.16 bits per heavy atom. The zero-order chi connectivity index (χ0) is 13.4. The van der Waals surface area contributed by atoms with E-state index < -0.39 is 0 Å². The molecule has 0 aliphatic rings. The van der Waals surface area contributed by atoms with Gasteiger partial charge in [-0.05, 0) is 42.5 Å². The summed E-state index contributed by atoms with van der Waals surface area (Å²) in [5.41, 5.74) is 8.49. The highest BCUT2D eigenvalue weighted by Gasteiger charge is 2.08. The van der Waals surface area contributed by atoms with Gasteiger partial charge in [-0.2, -0.15) is 0 Å². The van der Waals surface area contributed by atoms with Gasteiger partial charge >= 0.3 is 5.69 Å². The molecular formula is C14H13N3O2. The first-order valence-electron chi connectivity index (χ1n) is 5.84. The number of aromatic amines is 1. The molecule has 0 unspecified atom stereocenters. The number of nitrogen functional groups attached to an aromatic ring is 1. The third-order valence-electron chi connectivity index (χ3n) is 3.04. The lowest BCUT2D eigenvalue weighted by molar-refractivity contribution is 0.414. The number of methoxy groups -OCH3 is 1. The van der Waals surface area contributed by atoms with Gasteiger partial charge in [0.15, 0.2) is 0 Å². The fourth-order valence-electron chi connectivity index (χ4n) is 2.11. The van der Waals surface area contributed by atoms with Crippen LogP contribution in [0.4, 0.5) is 5.69 Å². The number of benzene rings is 2. The number of rotatable bonds is 2. The van der Waals surface area contributed by atoms with E-state index in [0.29, 0.717) is 5.69 Å². The molecule has 0 fully saturated rings. The van der Waals surface area contributed by atoms with Gasteiger partial charge in [0, 0.05) is 5.69 Å². The predicted octanol–water partition coefficient (Wildman–Crippen LogP) is 1.91. The summed E-state index contributed by atoms with van der Waals surface area (Å²) >= 11 is 0. The van der Waals surface area contributed by atoms with Crippen LogP contribution in [0.5, 0.6) is 5.75 Å². The van der Waals surface area contributed by atoms with Crippen molar-refractivity contribution in [2.75, 3.05) is 12.8 Å². The first-order valence-corrected chi connectivity index (χ1v) is 5.84. The molecule has 0 atom stereocenters. The summed E-state index contributed by atoms with van der Waals surface area (Å²) in [6, 6.07) is 12.6. The van der Waals surface area contributed by atoms with Crippen LogP contribution in [0.3, 0.4) is 0 Å². The maximum Gasteiger partial charge on any atom is 0.331 e. The van der Waals surface area contributed by atoms with Crippen molar-refractivity contribution >= 4 is 16.7 Å². The van der Waals surface area contributed by atoms with Gasteiger partial charge < -0.3 is 15.5 Å². The summed E-state index contributed by atoms with van der Waals surface area (Å²) in [6.45, 7) is 0. The second-order valence-electron chi connectivity index (χ2n) is 4.24. The van der Waals surface area contributed by atoms with Crippen LogP contribution in [0.1, 0.15) is 0 Å². The third kappa shape index (κ3) is 1.85. The Morgan fingerprint density at radius 2 is 1.89 bits per heavy atom.